The summed E-state index contributed by atoms with van der Waals surface area (Å²) >= 11 is 0. The molecule has 3 aromatic rings. The smallest absolute Gasteiger partial charge is 0.263 e. The van der Waals surface area contributed by atoms with Gasteiger partial charge >= 0.3 is 0 Å². The molecule has 2 aromatic heterocycles. The number of methoxy groups -OCH3 is 1. The van der Waals surface area contributed by atoms with Crippen LogP contribution in [0.5, 0.6) is 5.75 Å². The summed E-state index contributed by atoms with van der Waals surface area (Å²) in [6, 6.07) is 8.42. The first-order valence-electron chi connectivity index (χ1n) is 11.0. The molecular formula is C23H32N6O2. The van der Waals surface area contributed by atoms with Gasteiger partial charge in [-0.1, -0.05) is 18.6 Å². The molecule has 1 fully saturated rings. The standard InChI is InChI=1S/C23H32N6O2/c1-23(2,3)29-20-18(14-25-29)21(30)27-22(26-20)24-15-19(28-12-6-5-7-13-28)16-8-10-17(31-4)11-9-16/h8-11,14,19H,5-7,12-13,15H2,1-4H3,(H2,24,26,27,30). The summed E-state index contributed by atoms with van der Waals surface area (Å²) in [6.07, 6.45) is 5.28. The molecule has 0 saturated carbocycles. The number of hydrogen-bond acceptors (Lipinski definition) is 6. The largest absolute Gasteiger partial charge is 0.497 e. The number of piperidine rings is 1. The average molecular weight is 425 g/mol. The highest BCUT2D eigenvalue weighted by Gasteiger charge is 2.24. The van der Waals surface area contributed by atoms with Crippen LogP contribution in [-0.2, 0) is 5.54 Å². The normalized spacial score (nSPS) is 16.4. The minimum absolute atomic E-state index is 0.179. The highest BCUT2D eigenvalue weighted by atomic mass is 16.5. The van der Waals surface area contributed by atoms with Crippen LogP contribution in [-0.4, -0.2) is 51.4 Å². The van der Waals surface area contributed by atoms with E-state index in [1.165, 1.54) is 24.8 Å². The molecule has 4 rings (SSSR count). The lowest BCUT2D eigenvalue weighted by molar-refractivity contribution is 0.170. The number of ether oxygens (including phenoxy) is 1. The minimum Gasteiger partial charge on any atom is -0.497 e. The number of H-pyrrole nitrogens is 1. The summed E-state index contributed by atoms with van der Waals surface area (Å²) in [5, 5.41) is 8.28. The fourth-order valence-corrected chi connectivity index (χ4v) is 4.20. The van der Waals surface area contributed by atoms with Gasteiger partial charge in [0.05, 0.1) is 24.9 Å². The number of nitrogens with zero attached hydrogens (tertiary/aromatic N) is 4. The quantitative estimate of drug-likeness (QED) is 0.629. The molecule has 1 aliphatic rings. The third-order valence-corrected chi connectivity index (χ3v) is 5.87. The maximum atomic E-state index is 12.6. The minimum atomic E-state index is -0.265. The molecule has 2 N–H and O–H groups in total. The Morgan fingerprint density at radius 1 is 1.16 bits per heavy atom. The second kappa shape index (κ2) is 8.70. The van der Waals surface area contributed by atoms with E-state index in [2.05, 4.69) is 32.4 Å². The van der Waals surface area contributed by atoms with E-state index in [1.807, 2.05) is 32.9 Å². The Bertz CT molecular complexity index is 1070. The second-order valence-corrected chi connectivity index (χ2v) is 9.15. The Balaban J connectivity index is 1.61. The van der Waals surface area contributed by atoms with Gasteiger partial charge in [-0.3, -0.25) is 14.7 Å². The molecule has 1 saturated heterocycles. The van der Waals surface area contributed by atoms with E-state index in [0.717, 1.165) is 18.8 Å². The van der Waals surface area contributed by atoms with Gasteiger partial charge in [-0.25, -0.2) is 4.68 Å². The molecule has 0 bridgehead atoms. The van der Waals surface area contributed by atoms with Crippen LogP contribution < -0.4 is 15.6 Å². The molecule has 166 valence electrons. The SMILES string of the molecule is COc1ccc(C(CNc2nc3c(cnn3C(C)(C)C)c(=O)[nH]2)N2CCCCC2)cc1. The topological polar surface area (TPSA) is 88.1 Å². The van der Waals surface area contributed by atoms with Crippen LogP contribution in [0.15, 0.2) is 35.3 Å². The van der Waals surface area contributed by atoms with Gasteiger partial charge in [0.25, 0.3) is 5.56 Å². The van der Waals surface area contributed by atoms with Crippen molar-refractivity contribution in [2.45, 2.75) is 51.6 Å². The Hall–Kier alpha value is -2.87. The van der Waals surface area contributed by atoms with Crippen molar-refractivity contribution in [3.05, 3.63) is 46.4 Å². The molecular weight excluding hydrogens is 392 g/mol. The molecule has 1 aliphatic heterocycles. The van der Waals surface area contributed by atoms with Crippen molar-refractivity contribution < 1.29 is 4.74 Å². The van der Waals surface area contributed by atoms with Crippen molar-refractivity contribution in [3.63, 3.8) is 0 Å². The van der Waals surface area contributed by atoms with Crippen LogP contribution in [0.25, 0.3) is 11.0 Å². The predicted molar refractivity (Wildman–Crippen MR) is 123 cm³/mol. The lowest BCUT2D eigenvalue weighted by Gasteiger charge is -2.35. The van der Waals surface area contributed by atoms with E-state index in [-0.39, 0.29) is 17.1 Å². The van der Waals surface area contributed by atoms with Gasteiger partial charge in [-0.2, -0.15) is 10.1 Å². The molecule has 8 nitrogen and oxygen atoms in total. The summed E-state index contributed by atoms with van der Waals surface area (Å²) in [4.78, 5) is 22.7. The lowest BCUT2D eigenvalue weighted by Crippen LogP contribution is -2.37. The van der Waals surface area contributed by atoms with E-state index in [4.69, 9.17) is 9.72 Å². The van der Waals surface area contributed by atoms with Crippen LogP contribution >= 0.6 is 0 Å². The van der Waals surface area contributed by atoms with Crippen molar-refractivity contribution in [2.24, 2.45) is 0 Å². The first-order valence-corrected chi connectivity index (χ1v) is 11.0. The fraction of sp³-hybridized carbons (Fsp3) is 0.522. The van der Waals surface area contributed by atoms with E-state index >= 15 is 0 Å². The van der Waals surface area contributed by atoms with Crippen molar-refractivity contribution in [3.8, 4) is 5.75 Å². The molecule has 0 spiro atoms. The maximum Gasteiger partial charge on any atom is 0.263 e. The fourth-order valence-electron chi connectivity index (χ4n) is 4.20. The van der Waals surface area contributed by atoms with Crippen LogP contribution in [0.2, 0.25) is 0 Å². The number of hydrogen-bond donors (Lipinski definition) is 2. The van der Waals surface area contributed by atoms with Crippen LogP contribution in [0.4, 0.5) is 5.95 Å². The highest BCUT2D eigenvalue weighted by molar-refractivity contribution is 5.74. The van der Waals surface area contributed by atoms with E-state index in [1.54, 1.807) is 18.0 Å². The van der Waals surface area contributed by atoms with Gasteiger partial charge in [-0.15, -0.1) is 0 Å². The maximum absolute atomic E-state index is 12.6. The Labute approximate surface area is 182 Å². The van der Waals surface area contributed by atoms with Crippen molar-refractivity contribution in [1.82, 2.24) is 24.6 Å². The van der Waals surface area contributed by atoms with Gasteiger partial charge in [0.2, 0.25) is 5.95 Å². The zero-order valence-electron chi connectivity index (χ0n) is 18.8. The van der Waals surface area contributed by atoms with Crippen LogP contribution in [0.3, 0.4) is 0 Å². The highest BCUT2D eigenvalue weighted by Crippen LogP contribution is 2.27. The summed E-state index contributed by atoms with van der Waals surface area (Å²) < 4.78 is 7.12. The van der Waals surface area contributed by atoms with Gasteiger partial charge in [0.1, 0.15) is 11.1 Å². The Kier molecular flexibility index (Phi) is 6.00. The van der Waals surface area contributed by atoms with Gasteiger partial charge in [-0.05, 0) is 64.4 Å². The first kappa shape index (κ1) is 21.4. The number of rotatable bonds is 6. The Morgan fingerprint density at radius 3 is 2.52 bits per heavy atom. The first-order chi connectivity index (χ1) is 14.9. The molecule has 8 heteroatoms. The molecule has 3 heterocycles. The number of fused-ring (bicyclic) bond motifs is 1. The van der Waals surface area contributed by atoms with Crippen LogP contribution in [0, 0.1) is 0 Å². The third kappa shape index (κ3) is 4.58. The zero-order chi connectivity index (χ0) is 22.0. The third-order valence-electron chi connectivity index (χ3n) is 5.87. The summed E-state index contributed by atoms with van der Waals surface area (Å²) in [6.45, 7) is 8.92. The Morgan fingerprint density at radius 2 is 1.87 bits per heavy atom. The van der Waals surface area contributed by atoms with Crippen molar-refractivity contribution in [2.75, 3.05) is 32.1 Å². The molecule has 0 aliphatic carbocycles. The van der Waals surface area contributed by atoms with Crippen LogP contribution in [0.1, 0.15) is 51.6 Å². The van der Waals surface area contributed by atoms with Gasteiger partial charge < -0.3 is 10.1 Å². The van der Waals surface area contributed by atoms with Gasteiger partial charge in [0, 0.05) is 6.54 Å². The monoisotopic (exact) mass is 424 g/mol. The summed E-state index contributed by atoms with van der Waals surface area (Å²) in [5.74, 6) is 1.32. The number of anilines is 1. The number of aromatic nitrogens is 4. The molecule has 0 amide bonds. The van der Waals surface area contributed by atoms with Gasteiger partial charge in [0.15, 0.2) is 5.65 Å². The van der Waals surface area contributed by atoms with E-state index in [0.29, 0.717) is 23.5 Å². The average Bonchev–Trinajstić information content (AvgIpc) is 3.20. The predicted octanol–water partition coefficient (Wildman–Crippen LogP) is 3.52. The number of likely N-dealkylation sites (tertiary alicyclic amines) is 1. The second-order valence-electron chi connectivity index (χ2n) is 9.15. The zero-order valence-corrected chi connectivity index (χ0v) is 18.8. The number of aromatic amines is 1. The molecule has 1 aromatic carbocycles. The summed E-state index contributed by atoms with van der Waals surface area (Å²) in [7, 11) is 1.68. The van der Waals surface area contributed by atoms with Crippen molar-refractivity contribution >= 4 is 17.0 Å². The molecule has 31 heavy (non-hydrogen) atoms. The molecule has 1 unspecified atom stereocenters. The number of nitrogens with one attached hydrogen (secondary N) is 2. The molecule has 0 radical (unpaired) electrons. The lowest BCUT2D eigenvalue weighted by atomic mass is 10.0. The molecule has 1 atom stereocenters. The van der Waals surface area contributed by atoms with Crippen molar-refractivity contribution in [1.29, 1.82) is 0 Å². The van der Waals surface area contributed by atoms with E-state index in [9.17, 15) is 4.79 Å². The summed E-state index contributed by atoms with van der Waals surface area (Å²) in [5.41, 5.74) is 1.37. The number of benzene rings is 1. The van der Waals surface area contributed by atoms with E-state index < -0.39 is 0 Å².